The van der Waals surface area contributed by atoms with Gasteiger partial charge in [-0.05, 0) is 36.3 Å². The first-order valence-corrected chi connectivity index (χ1v) is 17.4. The van der Waals surface area contributed by atoms with Crippen molar-refractivity contribution in [2.45, 2.75) is 103 Å². The minimum atomic E-state index is -2.05. The number of nitrogens with one attached hydrogen (secondary N) is 1. The van der Waals surface area contributed by atoms with Gasteiger partial charge >= 0.3 is 0 Å². The number of ether oxygens (including phenoxy) is 1. The minimum absolute atomic E-state index is 0.0548. The van der Waals surface area contributed by atoms with E-state index in [1.54, 1.807) is 4.68 Å². The lowest BCUT2D eigenvalue weighted by Crippen LogP contribution is -2.48. The maximum absolute atomic E-state index is 12.3. The van der Waals surface area contributed by atoms with Crippen LogP contribution in [0, 0.1) is 0 Å². The van der Waals surface area contributed by atoms with E-state index < -0.39 is 22.9 Å². The van der Waals surface area contributed by atoms with Crippen molar-refractivity contribution in [3.8, 4) is 0 Å². The van der Waals surface area contributed by atoms with Gasteiger partial charge in [0.25, 0.3) is 5.56 Å². The summed E-state index contributed by atoms with van der Waals surface area (Å²) in [7, 11) is -4.02. The topological polar surface area (TPSA) is 117 Å². The molecule has 0 aromatic carbocycles. The Labute approximate surface area is 198 Å². The molecule has 186 valence electrons. The molecule has 0 saturated carbocycles. The van der Waals surface area contributed by atoms with Gasteiger partial charge in [-0.15, -0.1) is 0 Å². The molecule has 3 N–H and O–H groups in total. The average molecular weight is 496 g/mol. The van der Waals surface area contributed by atoms with Gasteiger partial charge < -0.3 is 19.3 Å². The third kappa shape index (κ3) is 5.27. The first-order chi connectivity index (χ1) is 14.9. The van der Waals surface area contributed by atoms with Gasteiger partial charge in [0.2, 0.25) is 5.95 Å². The molecule has 0 bridgehead atoms. The average Bonchev–Trinajstić information content (AvgIpc) is 3.21. The van der Waals surface area contributed by atoms with Crippen molar-refractivity contribution < 1.29 is 13.6 Å². The Balaban J connectivity index is 1.91. The summed E-state index contributed by atoms with van der Waals surface area (Å²) in [5.41, 5.74) is 5.89. The summed E-state index contributed by atoms with van der Waals surface area (Å²) in [6, 6.07) is 0. The highest BCUT2D eigenvalue weighted by molar-refractivity contribution is 6.74. The summed E-state index contributed by atoms with van der Waals surface area (Å²) in [6.45, 7) is 22.8. The second kappa shape index (κ2) is 8.60. The van der Waals surface area contributed by atoms with Gasteiger partial charge in [-0.2, -0.15) is 10.1 Å². The van der Waals surface area contributed by atoms with Gasteiger partial charge in [0.15, 0.2) is 28.5 Å². The summed E-state index contributed by atoms with van der Waals surface area (Å²) in [6.07, 6.45) is 1.31. The van der Waals surface area contributed by atoms with E-state index in [1.165, 1.54) is 6.20 Å². The molecule has 2 aromatic heterocycles. The van der Waals surface area contributed by atoms with E-state index in [9.17, 15) is 4.79 Å². The van der Waals surface area contributed by atoms with Crippen molar-refractivity contribution in [1.82, 2.24) is 19.7 Å². The number of aromatic nitrogens is 4. The highest BCUT2D eigenvalue weighted by Crippen LogP contribution is 2.42. The third-order valence-electron chi connectivity index (χ3n) is 7.60. The molecule has 0 radical (unpaired) electrons. The highest BCUT2D eigenvalue weighted by Gasteiger charge is 2.47. The lowest BCUT2D eigenvalue weighted by Gasteiger charge is -2.40. The number of hydrogen-bond acceptors (Lipinski definition) is 7. The minimum Gasteiger partial charge on any atom is -0.414 e. The van der Waals surface area contributed by atoms with Crippen molar-refractivity contribution in [2.75, 3.05) is 12.3 Å². The van der Waals surface area contributed by atoms with E-state index in [1.807, 2.05) is 0 Å². The van der Waals surface area contributed by atoms with Crippen LogP contribution in [0.2, 0.25) is 36.3 Å². The predicted octanol–water partition coefficient (Wildman–Crippen LogP) is 4.40. The number of nitrogen functional groups attached to an aromatic ring is 1. The Morgan fingerprint density at radius 1 is 1.15 bits per heavy atom. The van der Waals surface area contributed by atoms with Gasteiger partial charge in [-0.1, -0.05) is 41.5 Å². The monoisotopic (exact) mass is 495 g/mol. The van der Waals surface area contributed by atoms with Crippen LogP contribution in [0.4, 0.5) is 5.95 Å². The molecular formula is C22H41N5O4Si2. The van der Waals surface area contributed by atoms with E-state index in [0.29, 0.717) is 24.1 Å². The van der Waals surface area contributed by atoms with Gasteiger partial charge in [-0.3, -0.25) is 9.78 Å². The first-order valence-electron chi connectivity index (χ1n) is 11.6. The van der Waals surface area contributed by atoms with Crippen LogP contribution in [-0.2, 0) is 13.6 Å². The predicted molar refractivity (Wildman–Crippen MR) is 136 cm³/mol. The first kappa shape index (κ1) is 26.1. The van der Waals surface area contributed by atoms with Gasteiger partial charge in [0, 0.05) is 6.42 Å². The normalized spacial score (nSPS) is 22.9. The fraction of sp³-hybridized carbons (Fsp3) is 0.773. The molecule has 33 heavy (non-hydrogen) atoms. The standard InChI is InChI=1S/C22H41N5O4Si2/c1-21(2,3)32(7,8)29-13-16-15(31-33(9,10)22(4,5)6)11-17(30-16)27-18-14(12-24-27)19(28)26-20(23)25-18/h12,15-17H,11,13H2,1-10H3,(H3,23,25,26,28)/t15-,16+,17+/m0/s1. The Kier molecular flexibility index (Phi) is 6.79. The van der Waals surface area contributed by atoms with Crippen molar-refractivity contribution in [2.24, 2.45) is 0 Å². The number of anilines is 1. The van der Waals surface area contributed by atoms with Gasteiger partial charge in [-0.25, -0.2) is 4.68 Å². The molecule has 1 aliphatic heterocycles. The molecule has 0 amide bonds. The lowest BCUT2D eigenvalue weighted by atomic mass is 10.2. The van der Waals surface area contributed by atoms with Crippen molar-refractivity contribution in [3.05, 3.63) is 16.6 Å². The van der Waals surface area contributed by atoms with Crippen LogP contribution < -0.4 is 11.3 Å². The van der Waals surface area contributed by atoms with E-state index in [2.05, 4.69) is 82.8 Å². The largest absolute Gasteiger partial charge is 0.414 e. The summed E-state index contributed by atoms with van der Waals surface area (Å²) in [5.74, 6) is 0.0548. The molecule has 3 atom stereocenters. The number of rotatable bonds is 6. The van der Waals surface area contributed by atoms with E-state index >= 15 is 0 Å². The number of nitrogens with two attached hydrogens (primary N) is 1. The smallest absolute Gasteiger partial charge is 0.263 e. The fourth-order valence-electron chi connectivity index (χ4n) is 3.35. The molecule has 0 spiro atoms. The molecule has 0 unspecified atom stereocenters. The molecule has 11 heteroatoms. The molecule has 1 aliphatic rings. The van der Waals surface area contributed by atoms with E-state index in [4.69, 9.17) is 19.3 Å². The number of fused-ring (bicyclic) bond motifs is 1. The number of H-pyrrole nitrogens is 1. The second-order valence-electron chi connectivity index (χ2n) is 12.1. The molecule has 0 aliphatic carbocycles. The van der Waals surface area contributed by atoms with Crippen LogP contribution >= 0.6 is 0 Å². The van der Waals surface area contributed by atoms with Crippen LogP contribution in [0.25, 0.3) is 11.0 Å². The molecule has 1 saturated heterocycles. The summed E-state index contributed by atoms with van der Waals surface area (Å²) in [4.78, 5) is 19.1. The molecule has 9 nitrogen and oxygen atoms in total. The second-order valence-corrected chi connectivity index (χ2v) is 21.7. The van der Waals surface area contributed by atoms with Crippen molar-refractivity contribution >= 4 is 33.6 Å². The van der Waals surface area contributed by atoms with E-state index in [-0.39, 0.29) is 33.8 Å². The maximum Gasteiger partial charge on any atom is 0.263 e. The maximum atomic E-state index is 12.3. The van der Waals surface area contributed by atoms with Crippen LogP contribution in [0.1, 0.15) is 54.2 Å². The van der Waals surface area contributed by atoms with Crippen LogP contribution in [0.15, 0.2) is 11.0 Å². The zero-order chi connectivity index (χ0) is 25.0. The van der Waals surface area contributed by atoms with Crippen LogP contribution in [0.5, 0.6) is 0 Å². The van der Waals surface area contributed by atoms with E-state index in [0.717, 1.165) is 0 Å². The molecule has 3 heterocycles. The number of aromatic amines is 1. The highest BCUT2D eigenvalue weighted by atomic mass is 28.4. The SMILES string of the molecule is CC(C)(C)[Si](C)(C)OC[C@H]1O[C@@H](n2ncc3c(=O)[nH]c(N)nc32)C[C@@H]1O[Si](C)(C)C(C)(C)C. The summed E-state index contributed by atoms with van der Waals surface area (Å²) >= 11 is 0. The van der Waals surface area contributed by atoms with Crippen molar-refractivity contribution in [3.63, 3.8) is 0 Å². The summed E-state index contributed by atoms with van der Waals surface area (Å²) < 4.78 is 21.5. The van der Waals surface area contributed by atoms with Gasteiger partial charge in [0.05, 0.1) is 18.9 Å². The van der Waals surface area contributed by atoms with Gasteiger partial charge in [0.1, 0.15) is 11.5 Å². The van der Waals surface area contributed by atoms with Crippen LogP contribution in [-0.4, -0.2) is 55.2 Å². The lowest BCUT2D eigenvalue weighted by molar-refractivity contribution is -0.0424. The summed E-state index contributed by atoms with van der Waals surface area (Å²) in [5, 5.41) is 4.97. The Morgan fingerprint density at radius 2 is 1.76 bits per heavy atom. The van der Waals surface area contributed by atoms with Crippen LogP contribution in [0.3, 0.4) is 0 Å². The molecular weight excluding hydrogens is 454 g/mol. The molecule has 3 rings (SSSR count). The third-order valence-corrected chi connectivity index (χ3v) is 16.6. The molecule has 1 fully saturated rings. The Bertz CT molecular complexity index is 1050. The Hall–Kier alpha value is -1.54. The number of hydrogen-bond donors (Lipinski definition) is 2. The fourth-order valence-corrected chi connectivity index (χ4v) is 5.72. The molecule has 2 aromatic rings. The zero-order valence-electron chi connectivity index (χ0n) is 21.8. The Morgan fingerprint density at radius 3 is 2.33 bits per heavy atom. The number of nitrogens with zero attached hydrogens (tertiary/aromatic N) is 3. The quantitative estimate of drug-likeness (QED) is 0.570. The zero-order valence-corrected chi connectivity index (χ0v) is 23.8. The van der Waals surface area contributed by atoms with Crippen molar-refractivity contribution in [1.29, 1.82) is 0 Å².